The Labute approximate surface area is 160 Å². The molecule has 1 heterocycles. The molecular weight excluding hydrogens is 398 g/mol. The van der Waals surface area contributed by atoms with Crippen LogP contribution in [0, 0.1) is 0 Å². The molecule has 156 valence electrons. The van der Waals surface area contributed by atoms with E-state index in [4.69, 9.17) is 4.74 Å². The molecule has 1 rings (SSSR count). The molecule has 0 aromatic carbocycles. The summed E-state index contributed by atoms with van der Waals surface area (Å²) >= 11 is 0. The van der Waals surface area contributed by atoms with Crippen LogP contribution in [0.1, 0.15) is 39.3 Å². The smallest absolute Gasteiger partial charge is 0.422 e. The van der Waals surface area contributed by atoms with Crippen molar-refractivity contribution in [2.75, 3.05) is 20.6 Å². The molecule has 11 nitrogen and oxygen atoms in total. The lowest BCUT2D eigenvalue weighted by molar-refractivity contribution is 0.0569. The third-order valence-corrected chi connectivity index (χ3v) is 5.78. The van der Waals surface area contributed by atoms with Crippen LogP contribution in [0.15, 0.2) is 12.5 Å². The Bertz CT molecular complexity index is 840. The van der Waals surface area contributed by atoms with Crippen molar-refractivity contribution in [3.63, 3.8) is 0 Å². The first-order valence-electron chi connectivity index (χ1n) is 8.19. The van der Waals surface area contributed by atoms with E-state index in [-0.39, 0.29) is 6.54 Å². The molecule has 0 bridgehead atoms. The van der Waals surface area contributed by atoms with Gasteiger partial charge in [-0.2, -0.15) is 25.9 Å². The number of ether oxygens (including phenoxy) is 1. The fourth-order valence-corrected chi connectivity index (χ4v) is 3.42. The maximum absolute atomic E-state index is 11.9. The van der Waals surface area contributed by atoms with Crippen molar-refractivity contribution in [1.29, 1.82) is 0 Å². The van der Waals surface area contributed by atoms with E-state index in [0.717, 1.165) is 8.28 Å². The molecule has 0 saturated heterocycles. The highest BCUT2D eigenvalue weighted by Crippen LogP contribution is 2.08. The molecule has 1 amide bonds. The van der Waals surface area contributed by atoms with Crippen LogP contribution in [-0.2, 0) is 31.6 Å². The molecular formula is C14H27N5O6S2. The Balaban J connectivity index is 2.39. The molecule has 0 radical (unpaired) electrons. The number of imidazole rings is 1. The molecule has 0 atom stereocenters. The SMILES string of the molecule is CN(C)S(=O)(=O)n1cnc(CCCCNS(=O)(=O)NC(=O)OC(C)(C)C)c1. The summed E-state index contributed by atoms with van der Waals surface area (Å²) in [7, 11) is -4.75. The lowest BCUT2D eigenvalue weighted by Gasteiger charge is -2.19. The van der Waals surface area contributed by atoms with Gasteiger partial charge in [0.25, 0.3) is 0 Å². The zero-order valence-corrected chi connectivity index (χ0v) is 17.7. The summed E-state index contributed by atoms with van der Waals surface area (Å²) in [6.45, 7) is 4.97. The van der Waals surface area contributed by atoms with Gasteiger partial charge in [-0.1, -0.05) is 0 Å². The lowest BCUT2D eigenvalue weighted by atomic mass is 10.2. The zero-order chi connectivity index (χ0) is 20.9. The van der Waals surface area contributed by atoms with E-state index in [1.807, 2.05) is 0 Å². The minimum atomic E-state index is -4.00. The van der Waals surface area contributed by atoms with Crippen LogP contribution in [0.25, 0.3) is 0 Å². The molecule has 0 saturated carbocycles. The maximum atomic E-state index is 11.9. The van der Waals surface area contributed by atoms with E-state index in [9.17, 15) is 21.6 Å². The minimum Gasteiger partial charge on any atom is -0.443 e. The van der Waals surface area contributed by atoms with Gasteiger partial charge in [0.1, 0.15) is 11.9 Å². The van der Waals surface area contributed by atoms with E-state index in [2.05, 4.69) is 9.71 Å². The van der Waals surface area contributed by atoms with Crippen LogP contribution in [0.2, 0.25) is 0 Å². The summed E-state index contributed by atoms with van der Waals surface area (Å²) in [5.41, 5.74) is -0.224. The third-order valence-electron chi connectivity index (χ3n) is 3.11. The first-order valence-corrected chi connectivity index (χ1v) is 11.1. The maximum Gasteiger partial charge on any atom is 0.422 e. The van der Waals surface area contributed by atoms with Gasteiger partial charge in [-0.05, 0) is 40.0 Å². The average molecular weight is 426 g/mol. The van der Waals surface area contributed by atoms with E-state index in [1.165, 1.54) is 26.6 Å². The Morgan fingerprint density at radius 3 is 2.41 bits per heavy atom. The zero-order valence-electron chi connectivity index (χ0n) is 16.1. The first kappa shape index (κ1) is 23.3. The molecule has 0 fully saturated rings. The van der Waals surface area contributed by atoms with Crippen LogP contribution in [0.3, 0.4) is 0 Å². The summed E-state index contributed by atoms with van der Waals surface area (Å²) in [4.78, 5) is 15.5. The Hall–Kier alpha value is -1.70. The van der Waals surface area contributed by atoms with Crippen molar-refractivity contribution in [3.05, 3.63) is 18.2 Å². The number of nitrogens with one attached hydrogen (secondary N) is 2. The number of carbonyl (C=O) groups excluding carboxylic acids is 1. The molecule has 0 spiro atoms. The number of aromatic nitrogens is 2. The summed E-state index contributed by atoms with van der Waals surface area (Å²) in [5.74, 6) is 0. The fraction of sp³-hybridized carbons (Fsp3) is 0.714. The number of hydrogen-bond acceptors (Lipinski definition) is 7. The largest absolute Gasteiger partial charge is 0.443 e. The number of amides is 1. The highest BCUT2D eigenvalue weighted by atomic mass is 32.2. The number of hydrogen-bond donors (Lipinski definition) is 2. The van der Waals surface area contributed by atoms with Crippen LogP contribution in [-0.4, -0.2) is 62.4 Å². The number of carbonyl (C=O) groups is 1. The number of aryl methyl sites for hydroxylation is 1. The first-order chi connectivity index (χ1) is 12.2. The van der Waals surface area contributed by atoms with Gasteiger partial charge in [0, 0.05) is 26.8 Å². The molecule has 27 heavy (non-hydrogen) atoms. The van der Waals surface area contributed by atoms with Crippen LogP contribution < -0.4 is 9.44 Å². The number of unbranched alkanes of at least 4 members (excludes halogenated alkanes) is 1. The topological polar surface area (TPSA) is 140 Å². The Morgan fingerprint density at radius 2 is 1.85 bits per heavy atom. The minimum absolute atomic E-state index is 0.106. The number of nitrogens with zero attached hydrogens (tertiary/aromatic N) is 3. The van der Waals surface area contributed by atoms with Gasteiger partial charge >= 0.3 is 26.5 Å². The van der Waals surface area contributed by atoms with Crippen molar-refractivity contribution in [1.82, 2.24) is 22.7 Å². The van der Waals surface area contributed by atoms with Gasteiger partial charge in [-0.25, -0.2) is 18.5 Å². The quantitative estimate of drug-likeness (QED) is 0.539. The normalized spacial score (nSPS) is 13.0. The molecule has 1 aromatic rings. The molecule has 0 aliphatic carbocycles. The van der Waals surface area contributed by atoms with E-state index >= 15 is 0 Å². The predicted octanol–water partition coefficient (Wildman–Crippen LogP) is 0.219. The summed E-state index contributed by atoms with van der Waals surface area (Å²) < 4.78 is 58.3. The monoisotopic (exact) mass is 425 g/mol. The highest BCUT2D eigenvalue weighted by molar-refractivity contribution is 7.88. The van der Waals surface area contributed by atoms with Crippen molar-refractivity contribution in [2.45, 2.75) is 45.6 Å². The molecule has 1 aromatic heterocycles. The molecule has 0 aliphatic rings. The van der Waals surface area contributed by atoms with Crippen LogP contribution >= 0.6 is 0 Å². The Kier molecular flexibility index (Phi) is 7.77. The fourth-order valence-electron chi connectivity index (χ4n) is 1.87. The lowest BCUT2D eigenvalue weighted by Crippen LogP contribution is -2.43. The molecule has 2 N–H and O–H groups in total. The van der Waals surface area contributed by atoms with Crippen molar-refractivity contribution >= 4 is 26.5 Å². The van der Waals surface area contributed by atoms with E-state index in [0.29, 0.717) is 25.0 Å². The van der Waals surface area contributed by atoms with Gasteiger partial charge < -0.3 is 4.74 Å². The van der Waals surface area contributed by atoms with E-state index < -0.39 is 32.1 Å². The van der Waals surface area contributed by atoms with E-state index in [1.54, 1.807) is 25.5 Å². The van der Waals surface area contributed by atoms with Crippen LogP contribution in [0.5, 0.6) is 0 Å². The second-order valence-corrected chi connectivity index (χ2v) is 10.5. The van der Waals surface area contributed by atoms with Gasteiger partial charge in [-0.3, -0.25) is 0 Å². The molecule has 0 unspecified atom stereocenters. The standard InChI is InChI=1S/C14H27N5O6S2/c1-14(2,3)25-13(20)17-26(21,22)16-9-7-6-8-12-10-19(11-15-12)27(23,24)18(4)5/h10-11,16H,6-9H2,1-5H3,(H,17,20). The Morgan fingerprint density at radius 1 is 1.22 bits per heavy atom. The molecule has 13 heteroatoms. The predicted molar refractivity (Wildman–Crippen MR) is 99.5 cm³/mol. The second-order valence-electron chi connectivity index (χ2n) is 6.94. The summed E-state index contributed by atoms with van der Waals surface area (Å²) in [6, 6.07) is 0. The van der Waals surface area contributed by atoms with Gasteiger partial charge in [0.15, 0.2) is 0 Å². The van der Waals surface area contributed by atoms with Gasteiger partial charge in [-0.15, -0.1) is 0 Å². The van der Waals surface area contributed by atoms with Crippen molar-refractivity contribution < 1.29 is 26.4 Å². The summed E-state index contributed by atoms with van der Waals surface area (Å²) in [6.07, 6.45) is 3.12. The van der Waals surface area contributed by atoms with Crippen molar-refractivity contribution in [2.24, 2.45) is 0 Å². The number of rotatable bonds is 9. The highest BCUT2D eigenvalue weighted by Gasteiger charge is 2.21. The van der Waals surface area contributed by atoms with Crippen LogP contribution in [0.4, 0.5) is 4.79 Å². The van der Waals surface area contributed by atoms with Crippen molar-refractivity contribution in [3.8, 4) is 0 Å². The third kappa shape index (κ3) is 8.24. The van der Waals surface area contributed by atoms with Gasteiger partial charge in [0.2, 0.25) is 0 Å². The van der Waals surface area contributed by atoms with Gasteiger partial charge in [0.05, 0.1) is 5.69 Å². The summed E-state index contributed by atoms with van der Waals surface area (Å²) in [5, 5.41) is 0. The average Bonchev–Trinajstić information content (AvgIpc) is 2.93. The molecule has 0 aliphatic heterocycles. The second kappa shape index (κ2) is 8.99.